The van der Waals surface area contributed by atoms with Gasteiger partial charge in [-0.1, -0.05) is 0 Å². The lowest BCUT2D eigenvalue weighted by atomic mass is 10.00. The van der Waals surface area contributed by atoms with Crippen molar-refractivity contribution in [3.05, 3.63) is 0 Å². The van der Waals surface area contributed by atoms with Crippen LogP contribution in [0.5, 0.6) is 0 Å². The number of ether oxygens (including phenoxy) is 1. The van der Waals surface area contributed by atoms with E-state index in [0.29, 0.717) is 0 Å². The second-order valence-electron chi connectivity index (χ2n) is 3.14. The highest BCUT2D eigenvalue weighted by molar-refractivity contribution is 7.43. The standard InChI is InChI=1S/C7H13O7P/c1-15(12)14-7-6(11)5(10)4(9)3(2-8)13-7/h3-11H,1-2H2/t3-,4-,5+,6-,7-/m1/s1. The van der Waals surface area contributed by atoms with Crippen molar-refractivity contribution in [2.45, 2.75) is 30.7 Å². The van der Waals surface area contributed by atoms with Gasteiger partial charge in [0.1, 0.15) is 30.7 Å². The van der Waals surface area contributed by atoms with E-state index in [9.17, 15) is 20.2 Å². The fourth-order valence-electron chi connectivity index (χ4n) is 1.27. The fraction of sp³-hybridized carbons (Fsp3) is 0.857. The Labute approximate surface area is 87.1 Å². The molecule has 15 heavy (non-hydrogen) atoms. The zero-order valence-corrected chi connectivity index (χ0v) is 8.66. The van der Waals surface area contributed by atoms with E-state index in [2.05, 4.69) is 10.8 Å². The lowest BCUT2D eigenvalue weighted by Crippen LogP contribution is -2.58. The second-order valence-corrected chi connectivity index (χ2v) is 4.01. The van der Waals surface area contributed by atoms with Gasteiger partial charge in [0, 0.05) is 0 Å². The highest BCUT2D eigenvalue weighted by atomic mass is 31.1. The first-order valence-corrected chi connectivity index (χ1v) is 5.58. The van der Waals surface area contributed by atoms with Crippen molar-refractivity contribution in [1.29, 1.82) is 0 Å². The third kappa shape index (κ3) is 2.93. The summed E-state index contributed by atoms with van der Waals surface area (Å²) in [6, 6.07) is 0. The minimum Gasteiger partial charge on any atom is -0.603 e. The molecule has 0 radical (unpaired) electrons. The first-order valence-electron chi connectivity index (χ1n) is 4.22. The van der Waals surface area contributed by atoms with E-state index < -0.39 is 45.3 Å². The summed E-state index contributed by atoms with van der Waals surface area (Å²) in [4.78, 5) is 10.7. The summed E-state index contributed by atoms with van der Waals surface area (Å²) >= 11 is 0. The zero-order valence-electron chi connectivity index (χ0n) is 7.76. The molecule has 7 nitrogen and oxygen atoms in total. The highest BCUT2D eigenvalue weighted by Crippen LogP contribution is 2.26. The van der Waals surface area contributed by atoms with Gasteiger partial charge in [0.15, 0.2) is 0 Å². The van der Waals surface area contributed by atoms with Crippen LogP contribution in [0.15, 0.2) is 0 Å². The molecule has 6 atom stereocenters. The SMILES string of the molecule is C=[P+]([O-])O[C@H]1O[C@H](CO)[C@@H](O)[C@H](O)[C@H]1O. The van der Waals surface area contributed by atoms with Gasteiger partial charge in [0.2, 0.25) is 14.3 Å². The summed E-state index contributed by atoms with van der Waals surface area (Å²) < 4.78 is 9.48. The Morgan fingerprint density at radius 3 is 2.33 bits per heavy atom. The Hall–Kier alpha value is -0.110. The number of hydrogen-bond donors (Lipinski definition) is 4. The normalized spacial score (nSPS) is 42.7. The summed E-state index contributed by atoms with van der Waals surface area (Å²) in [5, 5.41) is 36.8. The van der Waals surface area contributed by atoms with Crippen LogP contribution < -0.4 is 4.89 Å². The molecule has 1 heterocycles. The molecule has 4 N–H and O–H groups in total. The molecule has 0 bridgehead atoms. The Morgan fingerprint density at radius 1 is 1.27 bits per heavy atom. The molecule has 0 saturated carbocycles. The van der Waals surface area contributed by atoms with Gasteiger partial charge in [0.25, 0.3) is 0 Å². The van der Waals surface area contributed by atoms with Crippen molar-refractivity contribution >= 4 is 14.3 Å². The predicted molar refractivity (Wildman–Crippen MR) is 48.9 cm³/mol. The van der Waals surface area contributed by atoms with Gasteiger partial charge in [-0.2, -0.15) is 0 Å². The number of rotatable bonds is 3. The van der Waals surface area contributed by atoms with Gasteiger partial charge in [0.05, 0.1) is 6.61 Å². The summed E-state index contributed by atoms with van der Waals surface area (Å²) in [6.45, 7) is -0.557. The molecule has 1 aliphatic heterocycles. The lowest BCUT2D eigenvalue weighted by Gasteiger charge is -2.37. The average Bonchev–Trinajstić information content (AvgIpc) is 2.18. The van der Waals surface area contributed by atoms with E-state index in [1.807, 2.05) is 0 Å². The van der Waals surface area contributed by atoms with E-state index in [4.69, 9.17) is 9.84 Å². The average molecular weight is 240 g/mol. The van der Waals surface area contributed by atoms with Gasteiger partial charge in [-0.05, 0) is 0 Å². The molecule has 0 aromatic rings. The van der Waals surface area contributed by atoms with E-state index in [0.717, 1.165) is 0 Å². The smallest absolute Gasteiger partial charge is 0.237 e. The van der Waals surface area contributed by atoms with Gasteiger partial charge >= 0.3 is 0 Å². The molecule has 1 aliphatic rings. The van der Waals surface area contributed by atoms with Crippen LogP contribution in [0, 0.1) is 0 Å². The van der Waals surface area contributed by atoms with Gasteiger partial charge in [-0.25, -0.2) is 0 Å². The summed E-state index contributed by atoms with van der Waals surface area (Å²) in [6.07, 6.45) is -3.91. The molecule has 0 aromatic carbocycles. The Bertz CT molecular complexity index is 233. The maximum Gasteiger partial charge on any atom is 0.237 e. The highest BCUT2D eigenvalue weighted by Gasteiger charge is 2.45. The Kier molecular flexibility index (Phi) is 4.57. The Balaban J connectivity index is 2.69. The number of hydrogen-bond acceptors (Lipinski definition) is 7. The van der Waals surface area contributed by atoms with Crippen LogP contribution in [0.25, 0.3) is 0 Å². The zero-order chi connectivity index (χ0) is 11.6. The van der Waals surface area contributed by atoms with Crippen LogP contribution in [0.3, 0.4) is 0 Å². The largest absolute Gasteiger partial charge is 0.603 e. The summed E-state index contributed by atoms with van der Waals surface area (Å²) in [7, 11) is -2.27. The van der Waals surface area contributed by atoms with Crippen LogP contribution in [0.1, 0.15) is 0 Å². The molecule has 1 unspecified atom stereocenters. The van der Waals surface area contributed by atoms with Crippen molar-refractivity contribution < 1.29 is 34.6 Å². The molecule has 1 saturated heterocycles. The van der Waals surface area contributed by atoms with Crippen LogP contribution in [-0.2, 0) is 9.26 Å². The van der Waals surface area contributed by atoms with Crippen molar-refractivity contribution in [2.75, 3.05) is 6.61 Å². The summed E-state index contributed by atoms with van der Waals surface area (Å²) in [5.41, 5.74) is 0. The van der Waals surface area contributed by atoms with Crippen molar-refractivity contribution in [2.24, 2.45) is 0 Å². The van der Waals surface area contributed by atoms with Gasteiger partial charge in [-0.3, -0.25) is 0 Å². The third-order valence-electron chi connectivity index (χ3n) is 2.07. The first kappa shape index (κ1) is 13.0. The molecule has 88 valence electrons. The molecule has 1 rings (SSSR count). The summed E-state index contributed by atoms with van der Waals surface area (Å²) in [5.74, 6) is 0. The van der Waals surface area contributed by atoms with E-state index in [1.54, 1.807) is 0 Å². The minimum atomic E-state index is -2.27. The quantitative estimate of drug-likeness (QED) is 0.385. The minimum absolute atomic E-state index is 0.557. The first-order chi connectivity index (χ1) is 6.97. The van der Waals surface area contributed by atoms with Crippen LogP contribution >= 0.6 is 8.00 Å². The molecular weight excluding hydrogens is 227 g/mol. The number of aliphatic hydroxyl groups is 4. The van der Waals surface area contributed by atoms with Crippen molar-refractivity contribution in [1.82, 2.24) is 0 Å². The van der Waals surface area contributed by atoms with Crippen LogP contribution in [-0.4, -0.2) is 64.0 Å². The molecule has 1 fully saturated rings. The topological polar surface area (TPSA) is 122 Å². The number of aliphatic hydroxyl groups excluding tert-OH is 4. The maximum absolute atomic E-state index is 10.7. The van der Waals surface area contributed by atoms with E-state index in [-0.39, 0.29) is 0 Å². The van der Waals surface area contributed by atoms with Crippen molar-refractivity contribution in [3.63, 3.8) is 0 Å². The van der Waals surface area contributed by atoms with E-state index in [1.165, 1.54) is 0 Å². The maximum atomic E-state index is 10.7. The molecule has 0 aliphatic carbocycles. The molecular formula is C7H13O7P. The van der Waals surface area contributed by atoms with E-state index >= 15 is 0 Å². The van der Waals surface area contributed by atoms with Crippen LogP contribution in [0.4, 0.5) is 0 Å². The lowest BCUT2D eigenvalue weighted by molar-refractivity contribution is -0.287. The van der Waals surface area contributed by atoms with Crippen molar-refractivity contribution in [3.8, 4) is 0 Å². The Morgan fingerprint density at radius 2 is 1.87 bits per heavy atom. The van der Waals surface area contributed by atoms with Gasteiger partial charge < -0.3 is 30.1 Å². The molecule has 8 heteroatoms. The predicted octanol–water partition coefficient (Wildman–Crippen LogP) is -3.09. The monoisotopic (exact) mass is 240 g/mol. The fourth-order valence-corrected chi connectivity index (χ4v) is 1.68. The molecule has 0 spiro atoms. The molecule has 0 aromatic heterocycles. The third-order valence-corrected chi connectivity index (χ3v) is 2.51. The van der Waals surface area contributed by atoms with Crippen LogP contribution in [0.2, 0.25) is 0 Å². The molecule has 0 amide bonds. The second kappa shape index (κ2) is 5.29. The van der Waals surface area contributed by atoms with Gasteiger partial charge in [-0.15, -0.1) is 4.52 Å².